The van der Waals surface area contributed by atoms with E-state index in [0.717, 1.165) is 11.2 Å². The van der Waals surface area contributed by atoms with Crippen molar-refractivity contribution < 1.29 is 4.42 Å². The lowest BCUT2D eigenvalue weighted by molar-refractivity contribution is 0.334. The van der Waals surface area contributed by atoms with Crippen molar-refractivity contribution in [2.75, 3.05) is 0 Å². The summed E-state index contributed by atoms with van der Waals surface area (Å²) in [5.41, 5.74) is 5.48. The molecule has 0 atom stereocenters. The molecule has 0 bridgehead atoms. The minimum Gasteiger partial charge on any atom is -0.456 e. The van der Waals surface area contributed by atoms with Gasteiger partial charge in [-0.3, -0.25) is 0 Å². The van der Waals surface area contributed by atoms with Gasteiger partial charge in [0.1, 0.15) is 11.2 Å². The van der Waals surface area contributed by atoms with E-state index in [0.29, 0.717) is 0 Å². The predicted octanol–water partition coefficient (Wildman–Crippen LogP) is 5.94. The van der Waals surface area contributed by atoms with Crippen LogP contribution in [0.2, 0.25) is 0 Å². The van der Waals surface area contributed by atoms with Gasteiger partial charge in [-0.05, 0) is 46.9 Å². The lowest BCUT2D eigenvalue weighted by Gasteiger charge is -2.42. The van der Waals surface area contributed by atoms with E-state index >= 15 is 0 Å². The second-order valence-electron chi connectivity index (χ2n) is 7.73. The maximum atomic E-state index is 6.08. The van der Waals surface area contributed by atoms with Crippen LogP contribution in [-0.2, 0) is 10.8 Å². The van der Waals surface area contributed by atoms with Gasteiger partial charge >= 0.3 is 0 Å². The Morgan fingerprint density at radius 3 is 2.33 bits per heavy atom. The molecule has 0 saturated carbocycles. The number of benzene rings is 2. The molecule has 0 amide bonds. The molecule has 1 aromatic heterocycles. The fourth-order valence-corrected chi connectivity index (χ4v) is 3.97. The summed E-state index contributed by atoms with van der Waals surface area (Å²) in [6, 6.07) is 12.9. The molecule has 0 saturated heterocycles. The monoisotopic (exact) mass is 278 g/mol. The molecule has 0 spiro atoms. The fourth-order valence-electron chi connectivity index (χ4n) is 3.97. The molecule has 4 rings (SSSR count). The Balaban J connectivity index is 2.23. The van der Waals surface area contributed by atoms with Crippen LogP contribution in [0.15, 0.2) is 40.8 Å². The van der Waals surface area contributed by atoms with Gasteiger partial charge in [0.25, 0.3) is 0 Å². The summed E-state index contributed by atoms with van der Waals surface area (Å²) >= 11 is 0. The third-order valence-corrected chi connectivity index (χ3v) is 5.32. The van der Waals surface area contributed by atoms with Gasteiger partial charge in [-0.15, -0.1) is 0 Å². The van der Waals surface area contributed by atoms with Gasteiger partial charge < -0.3 is 4.42 Å². The highest BCUT2D eigenvalue weighted by Crippen LogP contribution is 2.50. The van der Waals surface area contributed by atoms with E-state index in [-0.39, 0.29) is 10.8 Å². The highest BCUT2D eigenvalue weighted by Gasteiger charge is 2.39. The average molecular weight is 278 g/mol. The number of fused-ring (bicyclic) bond motifs is 5. The number of rotatable bonds is 0. The van der Waals surface area contributed by atoms with Crippen LogP contribution in [-0.4, -0.2) is 0 Å². The van der Waals surface area contributed by atoms with E-state index in [1.54, 1.807) is 0 Å². The van der Waals surface area contributed by atoms with Gasteiger partial charge in [-0.2, -0.15) is 0 Å². The van der Waals surface area contributed by atoms with E-state index in [2.05, 4.69) is 58.0 Å². The first-order valence-corrected chi connectivity index (χ1v) is 7.85. The Morgan fingerprint density at radius 1 is 0.810 bits per heavy atom. The summed E-state index contributed by atoms with van der Waals surface area (Å²) < 4.78 is 6.08. The normalized spacial score (nSPS) is 19.8. The van der Waals surface area contributed by atoms with Crippen LogP contribution in [0.1, 0.15) is 51.7 Å². The molecular formula is C20H22O. The highest BCUT2D eigenvalue weighted by molar-refractivity contribution is 6.07. The second kappa shape index (κ2) is 3.91. The quantitative estimate of drug-likeness (QED) is 0.496. The van der Waals surface area contributed by atoms with Gasteiger partial charge in [0.15, 0.2) is 0 Å². The maximum absolute atomic E-state index is 6.08. The Hall–Kier alpha value is -1.76. The summed E-state index contributed by atoms with van der Waals surface area (Å²) in [4.78, 5) is 0. The zero-order valence-corrected chi connectivity index (χ0v) is 13.3. The van der Waals surface area contributed by atoms with Gasteiger partial charge in [-0.1, -0.05) is 52.0 Å². The lowest BCUT2D eigenvalue weighted by Crippen LogP contribution is -2.33. The van der Waals surface area contributed by atoms with Crippen LogP contribution in [0.25, 0.3) is 21.9 Å². The average Bonchev–Trinajstić information content (AvgIpc) is 2.82. The Labute approximate surface area is 126 Å². The topological polar surface area (TPSA) is 13.1 Å². The smallest absolute Gasteiger partial charge is 0.135 e. The fraction of sp³-hybridized carbons (Fsp3) is 0.400. The van der Waals surface area contributed by atoms with Gasteiger partial charge in [-0.25, -0.2) is 0 Å². The molecule has 3 aromatic rings. The molecule has 1 aliphatic rings. The SMILES string of the molecule is CC1(C)CCC(C)(C)c2c1ccc1oc3ccccc3c21. The van der Waals surface area contributed by atoms with E-state index in [1.165, 1.54) is 34.7 Å². The van der Waals surface area contributed by atoms with Crippen LogP contribution in [0.5, 0.6) is 0 Å². The first-order valence-electron chi connectivity index (χ1n) is 7.85. The maximum Gasteiger partial charge on any atom is 0.135 e. The number of furan rings is 1. The zero-order chi connectivity index (χ0) is 14.8. The summed E-state index contributed by atoms with van der Waals surface area (Å²) in [5, 5.41) is 2.59. The second-order valence-corrected chi connectivity index (χ2v) is 7.73. The van der Waals surface area contributed by atoms with Gasteiger partial charge in [0, 0.05) is 10.8 Å². The Kier molecular flexibility index (Phi) is 2.41. The number of para-hydroxylation sites is 1. The number of hydrogen-bond acceptors (Lipinski definition) is 1. The molecule has 21 heavy (non-hydrogen) atoms. The molecule has 0 fully saturated rings. The molecule has 1 aliphatic carbocycles. The van der Waals surface area contributed by atoms with E-state index in [4.69, 9.17) is 4.42 Å². The molecule has 0 unspecified atom stereocenters. The molecule has 0 N–H and O–H groups in total. The molecule has 0 radical (unpaired) electrons. The molecule has 1 nitrogen and oxygen atoms in total. The van der Waals surface area contributed by atoms with Gasteiger partial charge in [0.05, 0.1) is 0 Å². The first kappa shape index (κ1) is 12.9. The van der Waals surface area contributed by atoms with Crippen molar-refractivity contribution in [2.45, 2.75) is 51.4 Å². The lowest BCUT2D eigenvalue weighted by atomic mass is 9.62. The van der Waals surface area contributed by atoms with Crippen molar-refractivity contribution in [2.24, 2.45) is 0 Å². The third-order valence-electron chi connectivity index (χ3n) is 5.32. The van der Waals surface area contributed by atoms with Crippen LogP contribution in [0, 0.1) is 0 Å². The molecular weight excluding hydrogens is 256 g/mol. The zero-order valence-electron chi connectivity index (χ0n) is 13.3. The third kappa shape index (κ3) is 1.70. The predicted molar refractivity (Wildman–Crippen MR) is 89.0 cm³/mol. The van der Waals surface area contributed by atoms with E-state index in [1.807, 2.05) is 6.07 Å². The number of hydrogen-bond donors (Lipinski definition) is 0. The molecule has 108 valence electrons. The van der Waals surface area contributed by atoms with Crippen molar-refractivity contribution in [3.63, 3.8) is 0 Å². The summed E-state index contributed by atoms with van der Waals surface area (Å²) in [5.74, 6) is 0. The molecule has 1 heterocycles. The van der Waals surface area contributed by atoms with E-state index in [9.17, 15) is 0 Å². The molecule has 1 heteroatoms. The van der Waals surface area contributed by atoms with Crippen molar-refractivity contribution in [3.05, 3.63) is 47.5 Å². The van der Waals surface area contributed by atoms with Crippen LogP contribution in [0.4, 0.5) is 0 Å². The standard InChI is InChI=1S/C20H22O/c1-19(2)11-12-20(3,4)18-14(19)9-10-16-17(18)13-7-5-6-8-15(13)21-16/h5-10H,11-12H2,1-4H3. The Bertz CT molecular complexity index is 849. The highest BCUT2D eigenvalue weighted by atomic mass is 16.3. The summed E-state index contributed by atoms with van der Waals surface area (Å²) in [6.07, 6.45) is 2.47. The van der Waals surface area contributed by atoms with Crippen LogP contribution < -0.4 is 0 Å². The minimum absolute atomic E-state index is 0.205. The van der Waals surface area contributed by atoms with Crippen molar-refractivity contribution in [3.8, 4) is 0 Å². The van der Waals surface area contributed by atoms with Gasteiger partial charge in [0.2, 0.25) is 0 Å². The van der Waals surface area contributed by atoms with Crippen molar-refractivity contribution >= 4 is 21.9 Å². The summed E-state index contributed by atoms with van der Waals surface area (Å²) in [6.45, 7) is 9.49. The van der Waals surface area contributed by atoms with Crippen molar-refractivity contribution in [1.29, 1.82) is 0 Å². The van der Waals surface area contributed by atoms with Crippen LogP contribution >= 0.6 is 0 Å². The molecule has 2 aromatic carbocycles. The summed E-state index contributed by atoms with van der Waals surface area (Å²) in [7, 11) is 0. The first-order chi connectivity index (χ1) is 9.90. The van der Waals surface area contributed by atoms with Crippen LogP contribution in [0.3, 0.4) is 0 Å². The Morgan fingerprint density at radius 2 is 1.52 bits per heavy atom. The van der Waals surface area contributed by atoms with Crippen molar-refractivity contribution in [1.82, 2.24) is 0 Å². The largest absolute Gasteiger partial charge is 0.456 e. The molecule has 0 aliphatic heterocycles. The minimum atomic E-state index is 0.205. The van der Waals surface area contributed by atoms with E-state index < -0.39 is 0 Å².